The molecule has 8 heteroatoms. The lowest BCUT2D eigenvalue weighted by Crippen LogP contribution is -2.41. The third-order valence-corrected chi connectivity index (χ3v) is 7.02. The van der Waals surface area contributed by atoms with Crippen molar-refractivity contribution in [1.82, 2.24) is 4.31 Å². The van der Waals surface area contributed by atoms with Crippen LogP contribution in [0.2, 0.25) is 0 Å². The first-order valence-corrected chi connectivity index (χ1v) is 9.11. The van der Waals surface area contributed by atoms with Crippen molar-refractivity contribution in [3.63, 3.8) is 0 Å². The first-order chi connectivity index (χ1) is 9.93. The van der Waals surface area contributed by atoms with Gasteiger partial charge < -0.3 is 9.84 Å². The van der Waals surface area contributed by atoms with E-state index in [1.165, 1.54) is 15.6 Å². The van der Waals surface area contributed by atoms with E-state index in [2.05, 4.69) is 0 Å². The normalized spacial score (nSPS) is 18.0. The van der Waals surface area contributed by atoms with Crippen LogP contribution in [0, 0.1) is 0 Å². The Morgan fingerprint density at radius 2 is 2.10 bits per heavy atom. The van der Waals surface area contributed by atoms with E-state index in [9.17, 15) is 13.2 Å². The largest absolute Gasteiger partial charge is 0.480 e. The van der Waals surface area contributed by atoms with Crippen LogP contribution in [0.15, 0.2) is 16.3 Å². The molecule has 1 aliphatic heterocycles. The molecule has 1 saturated heterocycles. The van der Waals surface area contributed by atoms with Crippen LogP contribution in [0.5, 0.6) is 0 Å². The van der Waals surface area contributed by atoms with Gasteiger partial charge in [0.25, 0.3) is 10.0 Å². The number of nitrogens with zero attached hydrogens (tertiary/aromatic N) is 1. The van der Waals surface area contributed by atoms with E-state index >= 15 is 0 Å². The summed E-state index contributed by atoms with van der Waals surface area (Å²) in [5.41, 5.74) is 0. The number of hydrogen-bond donors (Lipinski definition) is 1. The van der Waals surface area contributed by atoms with Crippen molar-refractivity contribution in [2.24, 2.45) is 0 Å². The minimum atomic E-state index is -3.43. The molecule has 0 saturated carbocycles. The van der Waals surface area contributed by atoms with Gasteiger partial charge in [0.1, 0.15) is 10.8 Å². The minimum Gasteiger partial charge on any atom is -0.480 e. The first kappa shape index (κ1) is 16.4. The highest BCUT2D eigenvalue weighted by Gasteiger charge is 2.30. The summed E-state index contributed by atoms with van der Waals surface area (Å²) in [5, 5.41) is 8.57. The zero-order valence-electron chi connectivity index (χ0n) is 11.8. The van der Waals surface area contributed by atoms with E-state index in [1.54, 1.807) is 6.07 Å². The summed E-state index contributed by atoms with van der Waals surface area (Å²) in [5.74, 6) is -1.00. The summed E-state index contributed by atoms with van der Waals surface area (Å²) in [6, 6.07) is 3.51. The molecule has 2 heterocycles. The lowest BCUT2D eigenvalue weighted by atomic mass is 10.1. The first-order valence-electron chi connectivity index (χ1n) is 6.85. The number of thiophene rings is 1. The van der Waals surface area contributed by atoms with Crippen LogP contribution in [0.3, 0.4) is 0 Å². The molecule has 1 N–H and O–H groups in total. The number of aliphatic carboxylic acids is 1. The monoisotopic (exact) mass is 333 g/mol. The maximum atomic E-state index is 12.5. The number of aryl methyl sites for hydroxylation is 1. The lowest BCUT2D eigenvalue weighted by Gasteiger charge is -2.30. The Kier molecular flexibility index (Phi) is 5.37. The second kappa shape index (κ2) is 6.87. The van der Waals surface area contributed by atoms with Crippen LogP contribution in [-0.4, -0.2) is 49.6 Å². The second-order valence-electron chi connectivity index (χ2n) is 4.88. The second-order valence-corrected chi connectivity index (χ2v) is 8.22. The van der Waals surface area contributed by atoms with E-state index in [1.807, 2.05) is 13.0 Å². The predicted molar refractivity (Wildman–Crippen MR) is 79.1 cm³/mol. The Bertz CT molecular complexity index is 587. The lowest BCUT2D eigenvalue weighted by molar-refractivity contribution is -0.145. The van der Waals surface area contributed by atoms with Crippen LogP contribution in [0.1, 0.15) is 24.6 Å². The highest BCUT2D eigenvalue weighted by Crippen LogP contribution is 2.27. The van der Waals surface area contributed by atoms with Gasteiger partial charge >= 0.3 is 5.97 Å². The average Bonchev–Trinajstić information content (AvgIpc) is 2.95. The molecule has 0 spiro atoms. The van der Waals surface area contributed by atoms with Crippen molar-refractivity contribution >= 4 is 27.3 Å². The van der Waals surface area contributed by atoms with Gasteiger partial charge in [0, 0.05) is 18.0 Å². The smallest absolute Gasteiger partial charge is 0.329 e. The van der Waals surface area contributed by atoms with Crippen LogP contribution in [0.4, 0.5) is 0 Å². The topological polar surface area (TPSA) is 83.9 Å². The number of sulfonamides is 1. The summed E-state index contributed by atoms with van der Waals surface area (Å²) in [6.07, 6.45) is 1.70. The van der Waals surface area contributed by atoms with E-state index in [0.717, 1.165) is 11.3 Å². The van der Waals surface area contributed by atoms with Gasteiger partial charge in [-0.3, -0.25) is 0 Å². The zero-order valence-corrected chi connectivity index (χ0v) is 13.5. The highest BCUT2D eigenvalue weighted by atomic mass is 32.2. The van der Waals surface area contributed by atoms with Crippen molar-refractivity contribution in [3.05, 3.63) is 17.0 Å². The Hall–Kier alpha value is -0.960. The summed E-state index contributed by atoms with van der Waals surface area (Å²) < 4.78 is 32.0. The average molecular weight is 333 g/mol. The van der Waals surface area contributed by atoms with Crippen LogP contribution < -0.4 is 0 Å². The molecular formula is C13H19NO5S2. The van der Waals surface area contributed by atoms with Gasteiger partial charge in [-0.15, -0.1) is 11.3 Å². The number of ether oxygens (including phenoxy) is 1. The molecular weight excluding hydrogens is 314 g/mol. The van der Waals surface area contributed by atoms with Gasteiger partial charge in [-0.1, -0.05) is 6.92 Å². The SMILES string of the molecule is CCc1ccc(S(=O)(=O)N2CCC(OCC(=O)O)CC2)s1. The van der Waals surface area contributed by atoms with Crippen LogP contribution in [0.25, 0.3) is 0 Å². The molecule has 118 valence electrons. The molecule has 0 bridgehead atoms. The van der Waals surface area contributed by atoms with Gasteiger partial charge in [0.05, 0.1) is 6.10 Å². The molecule has 0 aliphatic carbocycles. The molecule has 21 heavy (non-hydrogen) atoms. The van der Waals surface area contributed by atoms with E-state index in [4.69, 9.17) is 9.84 Å². The molecule has 6 nitrogen and oxygen atoms in total. The molecule has 0 aromatic carbocycles. The van der Waals surface area contributed by atoms with Crippen molar-refractivity contribution in [3.8, 4) is 0 Å². The predicted octanol–water partition coefficient (Wildman–Crippen LogP) is 1.56. The Balaban J connectivity index is 1.96. The van der Waals surface area contributed by atoms with Gasteiger partial charge in [-0.25, -0.2) is 13.2 Å². The number of rotatable bonds is 6. The quantitative estimate of drug-likeness (QED) is 0.854. The minimum absolute atomic E-state index is 0.179. The number of piperidine rings is 1. The zero-order chi connectivity index (χ0) is 15.5. The van der Waals surface area contributed by atoms with Crippen molar-refractivity contribution in [2.75, 3.05) is 19.7 Å². The molecule has 0 atom stereocenters. The third-order valence-electron chi connectivity index (χ3n) is 3.42. The number of carboxylic acids is 1. The van der Waals surface area contributed by atoms with E-state index in [0.29, 0.717) is 30.1 Å². The number of carboxylic acid groups (broad SMARTS) is 1. The van der Waals surface area contributed by atoms with Crippen LogP contribution >= 0.6 is 11.3 Å². The maximum Gasteiger partial charge on any atom is 0.329 e. The van der Waals surface area contributed by atoms with E-state index < -0.39 is 16.0 Å². The third kappa shape index (κ3) is 4.03. The molecule has 0 unspecified atom stereocenters. The summed E-state index contributed by atoms with van der Waals surface area (Å²) in [4.78, 5) is 11.5. The molecule has 0 radical (unpaired) electrons. The summed E-state index contributed by atoms with van der Waals surface area (Å²) >= 11 is 1.31. The molecule has 1 aromatic rings. The van der Waals surface area contributed by atoms with E-state index in [-0.39, 0.29) is 12.7 Å². The fraction of sp³-hybridized carbons (Fsp3) is 0.615. The van der Waals surface area contributed by atoms with Gasteiger partial charge in [0.2, 0.25) is 0 Å². The number of carbonyl (C=O) groups is 1. The molecule has 2 rings (SSSR count). The van der Waals surface area contributed by atoms with Crippen molar-refractivity contribution in [2.45, 2.75) is 36.5 Å². The standard InChI is InChI=1S/C13H19NO5S2/c1-2-11-3-4-13(20-11)21(17,18)14-7-5-10(6-8-14)19-9-12(15)16/h3-4,10H,2,5-9H2,1H3,(H,15,16). The van der Waals surface area contributed by atoms with Gasteiger partial charge in [-0.2, -0.15) is 4.31 Å². The van der Waals surface area contributed by atoms with Gasteiger partial charge in [-0.05, 0) is 31.4 Å². The van der Waals surface area contributed by atoms with Crippen molar-refractivity contribution in [1.29, 1.82) is 0 Å². The maximum absolute atomic E-state index is 12.5. The summed E-state index contributed by atoms with van der Waals surface area (Å²) in [6.45, 7) is 2.40. The summed E-state index contributed by atoms with van der Waals surface area (Å²) in [7, 11) is -3.43. The van der Waals surface area contributed by atoms with Crippen LogP contribution in [-0.2, 0) is 26.0 Å². The molecule has 1 aliphatic rings. The molecule has 0 amide bonds. The Labute approximate surface area is 128 Å². The fourth-order valence-corrected chi connectivity index (χ4v) is 5.16. The highest BCUT2D eigenvalue weighted by molar-refractivity contribution is 7.91. The van der Waals surface area contributed by atoms with Gasteiger partial charge in [0.15, 0.2) is 0 Å². The Morgan fingerprint density at radius 3 is 2.62 bits per heavy atom. The molecule has 1 fully saturated rings. The van der Waals surface area contributed by atoms with Crippen molar-refractivity contribution < 1.29 is 23.1 Å². The molecule has 1 aromatic heterocycles. The number of hydrogen-bond acceptors (Lipinski definition) is 5. The Morgan fingerprint density at radius 1 is 1.43 bits per heavy atom. The fourth-order valence-electron chi connectivity index (χ4n) is 2.24.